The average Bonchev–Trinajstić information content (AvgIpc) is 3.07. The number of thioether (sulfide) groups is 1. The van der Waals surface area contributed by atoms with Crippen LogP contribution in [0.4, 0.5) is 0 Å². The number of aryl methyl sites for hydroxylation is 1. The predicted molar refractivity (Wildman–Crippen MR) is 77.4 cm³/mol. The van der Waals surface area contributed by atoms with Crippen LogP contribution in [-0.2, 0) is 11.8 Å². The molecule has 1 amide bonds. The largest absolute Gasteiger partial charge is 0.353 e. The Balaban J connectivity index is 1.63. The van der Waals surface area contributed by atoms with Gasteiger partial charge in [-0.2, -0.15) is 5.10 Å². The van der Waals surface area contributed by atoms with Gasteiger partial charge >= 0.3 is 0 Å². The van der Waals surface area contributed by atoms with E-state index in [4.69, 9.17) is 0 Å². The summed E-state index contributed by atoms with van der Waals surface area (Å²) in [6.45, 7) is 0. The van der Waals surface area contributed by atoms with Gasteiger partial charge in [0.1, 0.15) is 11.4 Å². The highest BCUT2D eigenvalue weighted by atomic mass is 32.2. The zero-order valence-corrected chi connectivity index (χ0v) is 12.2. The molecule has 0 aliphatic heterocycles. The van der Waals surface area contributed by atoms with Gasteiger partial charge < -0.3 is 5.32 Å². The second-order valence-corrected chi connectivity index (χ2v) is 5.99. The molecule has 0 radical (unpaired) electrons. The molecule has 2 aromatic rings. The predicted octanol–water partition coefficient (Wildman–Crippen LogP) is 1.51. The first-order valence-corrected chi connectivity index (χ1v) is 7.77. The molecule has 1 fully saturated rings. The summed E-state index contributed by atoms with van der Waals surface area (Å²) in [4.78, 5) is 20.3. The van der Waals surface area contributed by atoms with Crippen molar-refractivity contribution in [2.75, 3.05) is 5.75 Å². The van der Waals surface area contributed by atoms with E-state index in [1.807, 2.05) is 7.05 Å². The summed E-state index contributed by atoms with van der Waals surface area (Å²) in [5, 5.41) is 8.95. The number of nitrogens with zero attached hydrogens (tertiary/aromatic N) is 4. The topological polar surface area (TPSA) is 72.7 Å². The van der Waals surface area contributed by atoms with Crippen molar-refractivity contribution >= 4 is 28.7 Å². The smallest absolute Gasteiger partial charge is 0.230 e. The van der Waals surface area contributed by atoms with E-state index in [9.17, 15) is 4.79 Å². The van der Waals surface area contributed by atoms with Crippen molar-refractivity contribution in [2.24, 2.45) is 7.05 Å². The molecule has 7 heteroatoms. The number of fused-ring (bicyclic) bond motifs is 1. The zero-order valence-electron chi connectivity index (χ0n) is 11.4. The van der Waals surface area contributed by atoms with Gasteiger partial charge in [0.05, 0.1) is 17.3 Å². The maximum absolute atomic E-state index is 11.9. The lowest BCUT2D eigenvalue weighted by Gasteiger charge is -2.11. The van der Waals surface area contributed by atoms with Gasteiger partial charge in [0.15, 0.2) is 5.65 Å². The van der Waals surface area contributed by atoms with Crippen molar-refractivity contribution in [3.8, 4) is 0 Å². The van der Waals surface area contributed by atoms with Crippen LogP contribution in [0.15, 0.2) is 17.6 Å². The molecule has 2 aromatic heterocycles. The molecule has 1 saturated carbocycles. The fourth-order valence-electron chi connectivity index (χ4n) is 2.53. The third-order valence-electron chi connectivity index (χ3n) is 3.55. The molecule has 0 aromatic carbocycles. The fraction of sp³-hybridized carbons (Fsp3) is 0.538. The van der Waals surface area contributed by atoms with Crippen LogP contribution in [0.5, 0.6) is 0 Å². The molecule has 20 heavy (non-hydrogen) atoms. The van der Waals surface area contributed by atoms with E-state index in [0.717, 1.165) is 28.9 Å². The van der Waals surface area contributed by atoms with E-state index in [-0.39, 0.29) is 5.91 Å². The van der Waals surface area contributed by atoms with Gasteiger partial charge in [-0.25, -0.2) is 9.97 Å². The number of aromatic nitrogens is 4. The van der Waals surface area contributed by atoms with Gasteiger partial charge in [0.25, 0.3) is 0 Å². The SMILES string of the molecule is Cn1ncc2c(SCC(=O)NC3CCCC3)ncnc21. The summed E-state index contributed by atoms with van der Waals surface area (Å²) in [5.41, 5.74) is 0.790. The van der Waals surface area contributed by atoms with Crippen LogP contribution < -0.4 is 5.32 Å². The van der Waals surface area contributed by atoms with Crippen LogP contribution in [0.3, 0.4) is 0 Å². The third-order valence-corrected chi connectivity index (χ3v) is 4.56. The van der Waals surface area contributed by atoms with Crippen LogP contribution in [0.1, 0.15) is 25.7 Å². The number of amides is 1. The van der Waals surface area contributed by atoms with E-state index in [1.165, 1.54) is 30.9 Å². The molecule has 1 aliphatic carbocycles. The Morgan fingerprint density at radius 1 is 1.45 bits per heavy atom. The van der Waals surface area contributed by atoms with Crippen LogP contribution >= 0.6 is 11.8 Å². The minimum atomic E-state index is 0.0811. The Morgan fingerprint density at radius 2 is 2.25 bits per heavy atom. The Hall–Kier alpha value is -1.63. The van der Waals surface area contributed by atoms with E-state index in [2.05, 4.69) is 20.4 Å². The van der Waals surface area contributed by atoms with Crippen molar-refractivity contribution in [1.82, 2.24) is 25.1 Å². The Kier molecular flexibility index (Phi) is 3.86. The molecule has 0 saturated heterocycles. The maximum atomic E-state index is 11.9. The summed E-state index contributed by atoms with van der Waals surface area (Å²) in [6, 6.07) is 0.368. The molecular weight excluding hydrogens is 274 g/mol. The molecule has 106 valence electrons. The molecular formula is C13H17N5OS. The summed E-state index contributed by atoms with van der Waals surface area (Å²) in [5.74, 6) is 0.467. The van der Waals surface area contributed by atoms with Gasteiger partial charge in [0, 0.05) is 13.1 Å². The molecule has 0 unspecified atom stereocenters. The lowest BCUT2D eigenvalue weighted by Crippen LogP contribution is -2.33. The quantitative estimate of drug-likeness (QED) is 0.683. The zero-order chi connectivity index (χ0) is 13.9. The molecule has 0 bridgehead atoms. The van der Waals surface area contributed by atoms with E-state index in [0.29, 0.717) is 11.8 Å². The van der Waals surface area contributed by atoms with Crippen LogP contribution in [0.25, 0.3) is 11.0 Å². The van der Waals surface area contributed by atoms with Gasteiger partial charge in [-0.1, -0.05) is 24.6 Å². The fourth-order valence-corrected chi connectivity index (χ4v) is 3.30. The van der Waals surface area contributed by atoms with Crippen molar-refractivity contribution in [1.29, 1.82) is 0 Å². The van der Waals surface area contributed by atoms with Gasteiger partial charge in [-0.05, 0) is 12.8 Å². The molecule has 6 nitrogen and oxygen atoms in total. The first-order chi connectivity index (χ1) is 9.74. The normalized spacial score (nSPS) is 15.8. The Morgan fingerprint density at radius 3 is 3.05 bits per heavy atom. The maximum Gasteiger partial charge on any atom is 0.230 e. The lowest BCUT2D eigenvalue weighted by molar-refractivity contribution is -0.119. The molecule has 3 rings (SSSR count). The number of rotatable bonds is 4. The van der Waals surface area contributed by atoms with Crippen molar-refractivity contribution < 1.29 is 4.79 Å². The number of nitrogens with one attached hydrogen (secondary N) is 1. The van der Waals surface area contributed by atoms with Crippen molar-refractivity contribution in [3.05, 3.63) is 12.5 Å². The van der Waals surface area contributed by atoms with Gasteiger partial charge in [-0.3, -0.25) is 9.48 Å². The van der Waals surface area contributed by atoms with Crippen LogP contribution in [0.2, 0.25) is 0 Å². The van der Waals surface area contributed by atoms with E-state index < -0.39 is 0 Å². The first kappa shape index (κ1) is 13.4. The summed E-state index contributed by atoms with van der Waals surface area (Å²) in [6.07, 6.45) is 7.92. The average molecular weight is 291 g/mol. The van der Waals surface area contributed by atoms with Gasteiger partial charge in [0.2, 0.25) is 5.91 Å². The van der Waals surface area contributed by atoms with Crippen LogP contribution in [-0.4, -0.2) is 37.5 Å². The second kappa shape index (κ2) is 5.78. The minimum Gasteiger partial charge on any atom is -0.353 e. The summed E-state index contributed by atoms with van der Waals surface area (Å²) in [7, 11) is 1.84. The second-order valence-electron chi connectivity index (χ2n) is 5.02. The molecule has 2 heterocycles. The summed E-state index contributed by atoms with van der Waals surface area (Å²) >= 11 is 1.44. The standard InChI is InChI=1S/C13H17N5OS/c1-18-12-10(6-16-18)13(15-8-14-12)20-7-11(19)17-9-4-2-3-5-9/h6,8-9H,2-5,7H2,1H3,(H,17,19). The molecule has 1 N–H and O–H groups in total. The van der Waals surface area contributed by atoms with Crippen molar-refractivity contribution in [3.63, 3.8) is 0 Å². The molecule has 0 atom stereocenters. The number of hydrogen-bond acceptors (Lipinski definition) is 5. The van der Waals surface area contributed by atoms with E-state index >= 15 is 0 Å². The molecule has 1 aliphatic rings. The Labute approximate surface area is 121 Å². The number of carbonyl (C=O) groups is 1. The van der Waals surface area contributed by atoms with Crippen molar-refractivity contribution in [2.45, 2.75) is 36.8 Å². The number of hydrogen-bond donors (Lipinski definition) is 1. The first-order valence-electron chi connectivity index (χ1n) is 6.79. The van der Waals surface area contributed by atoms with E-state index in [1.54, 1.807) is 10.9 Å². The lowest BCUT2D eigenvalue weighted by atomic mass is 10.2. The number of carbonyl (C=O) groups excluding carboxylic acids is 1. The summed E-state index contributed by atoms with van der Waals surface area (Å²) < 4.78 is 1.71. The minimum absolute atomic E-state index is 0.0811. The highest BCUT2D eigenvalue weighted by molar-refractivity contribution is 8.00. The Bertz CT molecular complexity index is 620. The monoisotopic (exact) mass is 291 g/mol. The van der Waals surface area contributed by atoms with Crippen LogP contribution in [0, 0.1) is 0 Å². The third kappa shape index (κ3) is 2.77. The highest BCUT2D eigenvalue weighted by Crippen LogP contribution is 2.24. The molecule has 0 spiro atoms. The highest BCUT2D eigenvalue weighted by Gasteiger charge is 2.17. The van der Waals surface area contributed by atoms with Gasteiger partial charge in [-0.15, -0.1) is 0 Å².